The van der Waals surface area contributed by atoms with Gasteiger partial charge in [-0.25, -0.2) is 4.98 Å². The quantitative estimate of drug-likeness (QED) is 0.158. The Labute approximate surface area is 347 Å². The normalized spacial score (nSPS) is 11.7. The fraction of sp³-hybridized carbons (Fsp3) is 0. The van der Waals surface area contributed by atoms with Gasteiger partial charge in [0.05, 0.1) is 5.69 Å². The van der Waals surface area contributed by atoms with Gasteiger partial charge in [0.15, 0.2) is 0 Å². The van der Waals surface area contributed by atoms with E-state index < -0.39 is 0 Å². The van der Waals surface area contributed by atoms with Crippen LogP contribution in [0.15, 0.2) is 223 Å². The molecule has 0 aliphatic rings. The molecular weight excluding hydrogens is 729 g/mol. The molecule has 3 heteroatoms. The van der Waals surface area contributed by atoms with Crippen molar-refractivity contribution in [1.29, 1.82) is 0 Å². The molecule has 0 aliphatic carbocycles. The zero-order chi connectivity index (χ0) is 39.6. The third kappa shape index (κ3) is 5.87. The van der Waals surface area contributed by atoms with Crippen molar-refractivity contribution in [3.63, 3.8) is 0 Å². The fourth-order valence-corrected chi connectivity index (χ4v) is 8.91. The van der Waals surface area contributed by atoms with Gasteiger partial charge in [-0.15, -0.1) is 0 Å². The minimum absolute atomic E-state index is 0.652. The summed E-state index contributed by atoms with van der Waals surface area (Å²) in [5.74, 6) is 0. The molecule has 0 saturated heterocycles. The van der Waals surface area contributed by atoms with Crippen LogP contribution >= 0.6 is 0 Å². The van der Waals surface area contributed by atoms with Crippen molar-refractivity contribution in [1.82, 2.24) is 4.98 Å². The smallest absolute Gasteiger partial charge is 0.227 e. The highest BCUT2D eigenvalue weighted by Crippen LogP contribution is 2.40. The Kier molecular flexibility index (Phi) is 7.85. The van der Waals surface area contributed by atoms with Gasteiger partial charge in [0, 0.05) is 33.4 Å². The predicted octanol–water partition coefficient (Wildman–Crippen LogP) is 16.1. The summed E-state index contributed by atoms with van der Waals surface area (Å²) >= 11 is 0. The molecule has 0 amide bonds. The minimum Gasteiger partial charge on any atom is -0.438 e. The van der Waals surface area contributed by atoms with Crippen molar-refractivity contribution in [2.75, 3.05) is 4.90 Å². The molecule has 0 bridgehead atoms. The molecule has 0 atom stereocenters. The van der Waals surface area contributed by atoms with Crippen molar-refractivity contribution in [3.8, 4) is 33.5 Å². The van der Waals surface area contributed by atoms with E-state index >= 15 is 0 Å². The first-order valence-electron chi connectivity index (χ1n) is 20.4. The molecule has 3 nitrogen and oxygen atoms in total. The molecule has 60 heavy (non-hydrogen) atoms. The maximum Gasteiger partial charge on any atom is 0.227 e. The van der Waals surface area contributed by atoms with Crippen LogP contribution in [0.5, 0.6) is 0 Å². The number of benzene rings is 10. The van der Waals surface area contributed by atoms with Gasteiger partial charge in [-0.3, -0.25) is 0 Å². The number of nitrogens with zero attached hydrogens (tertiary/aromatic N) is 2. The lowest BCUT2D eigenvalue weighted by Gasteiger charge is -2.26. The molecule has 0 fully saturated rings. The zero-order valence-corrected chi connectivity index (χ0v) is 32.6. The van der Waals surface area contributed by atoms with Crippen LogP contribution in [0.25, 0.3) is 98.7 Å². The lowest BCUT2D eigenvalue weighted by molar-refractivity contribution is 0.654. The number of aromatic nitrogens is 1. The van der Waals surface area contributed by atoms with Crippen LogP contribution in [-0.2, 0) is 0 Å². The van der Waals surface area contributed by atoms with Gasteiger partial charge in [-0.05, 0) is 138 Å². The molecule has 2 aromatic heterocycles. The minimum atomic E-state index is 0.652. The number of pyridine rings is 1. The average molecular weight is 765 g/mol. The summed E-state index contributed by atoms with van der Waals surface area (Å²) in [5.41, 5.74) is 11.5. The Balaban J connectivity index is 0.929. The zero-order valence-electron chi connectivity index (χ0n) is 32.6. The van der Waals surface area contributed by atoms with E-state index in [1.807, 2.05) is 18.2 Å². The van der Waals surface area contributed by atoms with Gasteiger partial charge < -0.3 is 9.32 Å². The van der Waals surface area contributed by atoms with Crippen molar-refractivity contribution in [2.24, 2.45) is 0 Å². The van der Waals surface area contributed by atoms with E-state index in [1.54, 1.807) is 0 Å². The van der Waals surface area contributed by atoms with Gasteiger partial charge in [0.2, 0.25) is 5.71 Å². The Bertz CT molecular complexity index is 3600. The Morgan fingerprint density at radius 2 is 0.767 bits per heavy atom. The lowest BCUT2D eigenvalue weighted by Crippen LogP contribution is -2.10. The summed E-state index contributed by atoms with van der Waals surface area (Å²) in [7, 11) is 0. The standard InChI is InChI=1S/C57H36N2O/c1-3-9-41-33-43(15-13-37(41)7-1)39-19-24-48(25-20-39)59(49-26-21-40(22-27-49)55-32-31-54-53-11-5-6-12-56(53)60-57(54)58-55)50-28-30-52-47(36-50)18-17-46-35-45(23-29-51(46)52)44-16-14-38-8-2-4-10-42(38)34-44/h1-36H. The fourth-order valence-electron chi connectivity index (χ4n) is 8.91. The third-order valence-corrected chi connectivity index (χ3v) is 12.0. The van der Waals surface area contributed by atoms with Crippen LogP contribution in [0, 0.1) is 0 Å². The second kappa shape index (κ2) is 13.8. The molecule has 280 valence electrons. The summed E-state index contributed by atoms with van der Waals surface area (Å²) in [6.07, 6.45) is 0. The van der Waals surface area contributed by atoms with E-state index in [2.05, 4.69) is 205 Å². The molecule has 0 radical (unpaired) electrons. The molecule has 0 spiro atoms. The first kappa shape index (κ1) is 34.1. The molecule has 12 aromatic rings. The van der Waals surface area contributed by atoms with Gasteiger partial charge in [-0.2, -0.15) is 0 Å². The van der Waals surface area contributed by atoms with E-state index in [0.29, 0.717) is 5.71 Å². The number of furan rings is 1. The predicted molar refractivity (Wildman–Crippen MR) is 253 cm³/mol. The summed E-state index contributed by atoms with van der Waals surface area (Å²) < 4.78 is 6.14. The van der Waals surface area contributed by atoms with Gasteiger partial charge >= 0.3 is 0 Å². The number of rotatable bonds is 6. The maximum atomic E-state index is 6.14. The lowest BCUT2D eigenvalue weighted by atomic mass is 9.96. The highest BCUT2D eigenvalue weighted by Gasteiger charge is 2.16. The molecule has 0 saturated carbocycles. The SMILES string of the molecule is c1ccc2cc(-c3ccc(N(c4ccc(-c5ccc6c(n5)oc5ccccc56)cc4)c4ccc5c(ccc6cc(-c7ccc8ccccc8c7)ccc65)c4)cc3)ccc2c1. The number of anilines is 3. The van der Waals surface area contributed by atoms with Gasteiger partial charge in [0.1, 0.15) is 5.58 Å². The molecule has 2 heterocycles. The monoisotopic (exact) mass is 764 g/mol. The van der Waals surface area contributed by atoms with Crippen LogP contribution in [-0.4, -0.2) is 4.98 Å². The van der Waals surface area contributed by atoms with Crippen molar-refractivity contribution in [2.45, 2.75) is 0 Å². The first-order chi connectivity index (χ1) is 29.7. The molecule has 12 rings (SSSR count). The number of hydrogen-bond acceptors (Lipinski definition) is 3. The van der Waals surface area contributed by atoms with E-state index in [0.717, 1.165) is 44.7 Å². The molecule has 0 unspecified atom stereocenters. The van der Waals surface area contributed by atoms with Crippen LogP contribution in [0.2, 0.25) is 0 Å². The number of fused-ring (bicyclic) bond motifs is 8. The van der Waals surface area contributed by atoms with Gasteiger partial charge in [-0.1, -0.05) is 146 Å². The Morgan fingerprint density at radius 1 is 0.300 bits per heavy atom. The topological polar surface area (TPSA) is 29.3 Å². The van der Waals surface area contributed by atoms with Gasteiger partial charge in [0.25, 0.3) is 0 Å². The van der Waals surface area contributed by atoms with E-state index in [1.165, 1.54) is 65.3 Å². The average Bonchev–Trinajstić information content (AvgIpc) is 3.69. The molecular formula is C57H36N2O. The van der Waals surface area contributed by atoms with Crippen molar-refractivity contribution in [3.05, 3.63) is 218 Å². The molecule has 10 aromatic carbocycles. The second-order valence-corrected chi connectivity index (χ2v) is 15.6. The van der Waals surface area contributed by atoms with E-state index in [-0.39, 0.29) is 0 Å². The van der Waals surface area contributed by atoms with E-state index in [9.17, 15) is 0 Å². The summed E-state index contributed by atoms with van der Waals surface area (Å²) in [6.45, 7) is 0. The number of hydrogen-bond donors (Lipinski definition) is 0. The highest BCUT2D eigenvalue weighted by atomic mass is 16.3. The summed E-state index contributed by atoms with van der Waals surface area (Å²) in [6, 6.07) is 78.6. The Hall–Kier alpha value is -8.01. The van der Waals surface area contributed by atoms with E-state index in [4.69, 9.17) is 9.40 Å². The number of para-hydroxylation sites is 1. The highest BCUT2D eigenvalue weighted by molar-refractivity contribution is 6.10. The van der Waals surface area contributed by atoms with Crippen LogP contribution in [0.3, 0.4) is 0 Å². The third-order valence-electron chi connectivity index (χ3n) is 12.0. The van der Waals surface area contributed by atoms with Crippen LogP contribution in [0.1, 0.15) is 0 Å². The van der Waals surface area contributed by atoms with Crippen molar-refractivity contribution >= 4 is 82.2 Å². The summed E-state index contributed by atoms with van der Waals surface area (Å²) in [4.78, 5) is 7.29. The summed E-state index contributed by atoms with van der Waals surface area (Å²) in [5, 5.41) is 12.0. The first-order valence-corrected chi connectivity index (χ1v) is 20.4. The molecule has 0 aliphatic heterocycles. The molecule has 0 N–H and O–H groups in total. The van der Waals surface area contributed by atoms with Crippen LogP contribution in [0.4, 0.5) is 17.1 Å². The Morgan fingerprint density at radius 3 is 1.45 bits per heavy atom. The van der Waals surface area contributed by atoms with Crippen LogP contribution < -0.4 is 4.90 Å². The largest absolute Gasteiger partial charge is 0.438 e. The maximum absolute atomic E-state index is 6.14. The second-order valence-electron chi connectivity index (χ2n) is 15.6. The van der Waals surface area contributed by atoms with Crippen molar-refractivity contribution < 1.29 is 4.42 Å².